The lowest BCUT2D eigenvalue weighted by atomic mass is 10.0. The summed E-state index contributed by atoms with van der Waals surface area (Å²) in [6, 6.07) is -9.69. The van der Waals surface area contributed by atoms with Gasteiger partial charge in [-0.15, -0.1) is 0 Å². The Bertz CT molecular complexity index is 1940. The van der Waals surface area contributed by atoms with Crippen LogP contribution in [0.4, 0.5) is 0 Å². The van der Waals surface area contributed by atoms with Crippen molar-refractivity contribution in [2.75, 3.05) is 26.2 Å². The minimum absolute atomic E-state index is 0.0928. The minimum atomic E-state index is -1.92. The molecule has 7 atom stereocenters. The summed E-state index contributed by atoms with van der Waals surface area (Å²) >= 11 is 0. The number of aliphatic imine (C=N–C) groups is 1. The van der Waals surface area contributed by atoms with Crippen molar-refractivity contribution in [1.82, 2.24) is 52.1 Å². The molecule has 0 aliphatic carbocycles. The highest BCUT2D eigenvalue weighted by Crippen LogP contribution is 2.19. The maximum Gasteiger partial charge on any atom is 0.325 e. The summed E-state index contributed by atoms with van der Waals surface area (Å²) in [5.41, 5.74) is 22.2. The van der Waals surface area contributed by atoms with Crippen LogP contribution in [-0.2, 0) is 59.2 Å². The smallest absolute Gasteiger partial charge is 0.325 e. The number of imidazole rings is 1. The van der Waals surface area contributed by atoms with Gasteiger partial charge < -0.3 is 80.2 Å². The number of carboxylic acid groups (broad SMARTS) is 2. The van der Waals surface area contributed by atoms with E-state index in [1.807, 2.05) is 5.32 Å². The van der Waals surface area contributed by atoms with E-state index in [2.05, 4.69) is 46.9 Å². The predicted molar refractivity (Wildman–Crippen MR) is 229 cm³/mol. The molecule has 2 heterocycles. The zero-order valence-corrected chi connectivity index (χ0v) is 36.8. The van der Waals surface area contributed by atoms with E-state index >= 15 is 0 Å². The largest absolute Gasteiger partial charge is 0.481 e. The zero-order chi connectivity index (χ0) is 49.7. The number of guanidine groups is 1. The number of aromatic amines is 1. The van der Waals surface area contributed by atoms with Gasteiger partial charge in [-0.2, -0.15) is 0 Å². The lowest BCUT2D eigenvalue weighted by molar-refractivity contribution is -0.143. The molecule has 0 aromatic carbocycles. The number of likely N-dealkylation sites (tertiary alicyclic amines) is 1. The Labute approximate surface area is 378 Å². The van der Waals surface area contributed by atoms with Crippen molar-refractivity contribution >= 4 is 71.1 Å². The number of H-pyrrole nitrogens is 1. The number of nitrogens with one attached hydrogen (secondary N) is 8. The standard InChI is InChI=1S/C38H61N15O13/c1-18(2)10-22(49-29(56)16-46-35(63)26-7-5-9-53(26)36(64)21(39)6-4-8-44-38(41)42)31(59)45-15-28(55)50-23(11-20-14-43-17-47-20)33(61)52-25(13-30(57)58)34(62)51-24(12-27(40)54)32(60)48-19(3)37(65)66/h14,17-19,21-26H,4-13,15-16,39H2,1-3H3,(H2,40,54)(H,43,47)(H,45,59)(H,46,63)(H,48,60)(H,49,56)(H,50,55)(H,51,62)(H,52,61)(H,57,58)(H,65,66)(H4,41,42,44)/t19-,21-,22-,23-,24-,25-,26-/m0/s1. The van der Waals surface area contributed by atoms with Crippen LogP contribution >= 0.6 is 0 Å². The van der Waals surface area contributed by atoms with Crippen molar-refractivity contribution in [1.29, 1.82) is 0 Å². The van der Waals surface area contributed by atoms with Gasteiger partial charge in [-0.25, -0.2) is 4.98 Å². The number of hydrogen-bond donors (Lipinski definition) is 14. The number of primary amides is 1. The first-order valence-corrected chi connectivity index (χ1v) is 20.9. The van der Waals surface area contributed by atoms with Crippen molar-refractivity contribution in [3.05, 3.63) is 18.2 Å². The highest BCUT2D eigenvalue weighted by Gasteiger charge is 2.37. The van der Waals surface area contributed by atoms with Gasteiger partial charge in [0.25, 0.3) is 0 Å². The Morgan fingerprint density at radius 1 is 0.803 bits per heavy atom. The van der Waals surface area contributed by atoms with Crippen molar-refractivity contribution in [3.63, 3.8) is 0 Å². The molecule has 2 rings (SSSR count). The quantitative estimate of drug-likeness (QED) is 0.0211. The van der Waals surface area contributed by atoms with Gasteiger partial charge in [-0.3, -0.25) is 57.7 Å². The molecule has 28 heteroatoms. The van der Waals surface area contributed by atoms with E-state index in [-0.39, 0.29) is 44.2 Å². The summed E-state index contributed by atoms with van der Waals surface area (Å²) < 4.78 is 0. The first kappa shape index (κ1) is 54.7. The number of aliphatic carboxylic acids is 2. The number of carboxylic acids is 2. The Kier molecular flexibility index (Phi) is 22.4. The second kappa shape index (κ2) is 27.1. The molecule has 1 aromatic heterocycles. The molecular weight excluding hydrogens is 875 g/mol. The molecule has 1 aliphatic heterocycles. The lowest BCUT2D eigenvalue weighted by Gasteiger charge is -2.27. The van der Waals surface area contributed by atoms with Gasteiger partial charge in [-0.05, 0) is 44.9 Å². The van der Waals surface area contributed by atoms with Crippen LogP contribution in [0.25, 0.3) is 0 Å². The van der Waals surface area contributed by atoms with Crippen molar-refractivity contribution < 1.29 is 63.0 Å². The Balaban J connectivity index is 2.10. The number of rotatable bonds is 28. The summed E-state index contributed by atoms with van der Waals surface area (Å²) in [6.07, 6.45) is 2.04. The molecule has 66 heavy (non-hydrogen) atoms. The van der Waals surface area contributed by atoms with Crippen LogP contribution < -0.4 is 60.2 Å². The lowest BCUT2D eigenvalue weighted by Crippen LogP contribution is -2.59. The maximum absolute atomic E-state index is 13.6. The number of hydrogen-bond acceptors (Lipinski definition) is 14. The summed E-state index contributed by atoms with van der Waals surface area (Å²) in [5, 5.41) is 34.7. The molecule has 9 amide bonds. The van der Waals surface area contributed by atoms with Crippen LogP contribution in [0.3, 0.4) is 0 Å². The van der Waals surface area contributed by atoms with Crippen LogP contribution in [0.5, 0.6) is 0 Å². The van der Waals surface area contributed by atoms with E-state index in [1.54, 1.807) is 13.8 Å². The summed E-state index contributed by atoms with van der Waals surface area (Å²) in [4.78, 5) is 152. The fourth-order valence-corrected chi connectivity index (χ4v) is 6.47. The zero-order valence-electron chi connectivity index (χ0n) is 36.8. The molecule has 366 valence electrons. The first-order chi connectivity index (χ1) is 31.0. The second-order valence-corrected chi connectivity index (χ2v) is 15.8. The monoisotopic (exact) mass is 935 g/mol. The molecule has 0 spiro atoms. The van der Waals surface area contributed by atoms with Gasteiger partial charge in [-0.1, -0.05) is 13.8 Å². The highest BCUT2D eigenvalue weighted by atomic mass is 16.4. The Hall–Kier alpha value is -7.39. The fourth-order valence-electron chi connectivity index (χ4n) is 6.47. The molecule has 1 fully saturated rings. The van der Waals surface area contributed by atoms with Gasteiger partial charge >= 0.3 is 11.9 Å². The molecule has 18 N–H and O–H groups in total. The number of amides is 9. The highest BCUT2D eigenvalue weighted by molar-refractivity contribution is 5.98. The third kappa shape index (κ3) is 19.6. The van der Waals surface area contributed by atoms with Crippen molar-refractivity contribution in [2.45, 2.75) is 114 Å². The van der Waals surface area contributed by atoms with Crippen molar-refractivity contribution in [2.24, 2.45) is 33.8 Å². The number of nitrogens with two attached hydrogens (primary N) is 4. The number of nitrogens with zero attached hydrogens (tertiary/aromatic N) is 3. The average Bonchev–Trinajstić information content (AvgIpc) is 3.94. The summed E-state index contributed by atoms with van der Waals surface area (Å²) in [5.74, 6) is -11.5. The number of carbonyl (C=O) groups is 11. The molecule has 28 nitrogen and oxygen atoms in total. The van der Waals surface area contributed by atoms with E-state index in [4.69, 9.17) is 28.0 Å². The van der Waals surface area contributed by atoms with Crippen LogP contribution in [0.2, 0.25) is 0 Å². The maximum atomic E-state index is 13.6. The van der Waals surface area contributed by atoms with Crippen LogP contribution in [0, 0.1) is 5.92 Å². The fraction of sp³-hybridized carbons (Fsp3) is 0.605. The van der Waals surface area contributed by atoms with E-state index in [0.717, 1.165) is 6.92 Å². The first-order valence-electron chi connectivity index (χ1n) is 20.9. The molecule has 0 unspecified atom stereocenters. The second-order valence-electron chi connectivity index (χ2n) is 15.8. The van der Waals surface area contributed by atoms with E-state index < -0.39 is 133 Å². The molecule has 0 bridgehead atoms. The van der Waals surface area contributed by atoms with Crippen LogP contribution in [0.1, 0.15) is 71.4 Å². The molecular formula is C38H61N15O13. The SMILES string of the molecule is CC(C)C[C@H](NC(=O)CNC(=O)[C@@H]1CCCN1C(=O)[C@@H](N)CCCN=C(N)N)C(=O)NCC(=O)N[C@@H](Cc1cnc[nH]1)C(=O)N[C@@H](CC(=O)O)C(=O)N[C@@H](CC(N)=O)C(=O)N[C@@H](C)C(=O)O. The van der Waals surface area contributed by atoms with Crippen molar-refractivity contribution in [3.8, 4) is 0 Å². The van der Waals surface area contributed by atoms with Gasteiger partial charge in [0, 0.05) is 31.4 Å². The Morgan fingerprint density at radius 3 is 1.95 bits per heavy atom. The van der Waals surface area contributed by atoms with Gasteiger partial charge in [0.1, 0.15) is 36.3 Å². The number of aromatic nitrogens is 2. The molecule has 1 aliphatic rings. The van der Waals surface area contributed by atoms with E-state index in [9.17, 15) is 57.8 Å². The topological polar surface area (TPSA) is 461 Å². The summed E-state index contributed by atoms with van der Waals surface area (Å²) in [6.45, 7) is 3.88. The van der Waals surface area contributed by atoms with E-state index in [0.29, 0.717) is 25.0 Å². The third-order valence-electron chi connectivity index (χ3n) is 9.74. The predicted octanol–water partition coefficient (Wildman–Crippen LogP) is -6.52. The van der Waals surface area contributed by atoms with Gasteiger partial charge in [0.05, 0.1) is 38.3 Å². The molecule has 1 aromatic rings. The minimum Gasteiger partial charge on any atom is -0.481 e. The van der Waals surface area contributed by atoms with Gasteiger partial charge in [0.2, 0.25) is 53.2 Å². The molecule has 1 saturated heterocycles. The van der Waals surface area contributed by atoms with Crippen LogP contribution in [0.15, 0.2) is 17.5 Å². The normalized spacial score (nSPS) is 15.9. The third-order valence-corrected chi connectivity index (χ3v) is 9.74. The summed E-state index contributed by atoms with van der Waals surface area (Å²) in [7, 11) is 0. The Morgan fingerprint density at radius 2 is 1.39 bits per heavy atom. The van der Waals surface area contributed by atoms with Gasteiger partial charge in [0.15, 0.2) is 5.96 Å². The average molecular weight is 936 g/mol. The number of carbonyl (C=O) groups excluding carboxylic acids is 9. The molecule has 0 radical (unpaired) electrons. The molecule has 0 saturated carbocycles. The van der Waals surface area contributed by atoms with Crippen LogP contribution in [-0.4, -0.2) is 165 Å². The van der Waals surface area contributed by atoms with E-state index in [1.165, 1.54) is 17.4 Å².